The van der Waals surface area contributed by atoms with Crippen molar-refractivity contribution in [2.75, 3.05) is 12.4 Å². The Morgan fingerprint density at radius 3 is 2.56 bits per heavy atom. The number of halogens is 3. The van der Waals surface area contributed by atoms with E-state index in [1.165, 1.54) is 0 Å². The molecule has 7 heteroatoms. The minimum Gasteiger partial charge on any atom is -0.211 e. The van der Waals surface area contributed by atoms with Crippen LogP contribution in [0.1, 0.15) is 19.3 Å². The summed E-state index contributed by atoms with van der Waals surface area (Å²) in [5, 5.41) is 0. The van der Waals surface area contributed by atoms with Gasteiger partial charge in [-0.05, 0) is 31.0 Å². The number of rotatable bonds is 7. The van der Waals surface area contributed by atoms with Gasteiger partial charge in [-0.3, -0.25) is 0 Å². The number of unbranched alkanes of at least 4 members (excludes halogenated alkanes) is 2. The maximum absolute atomic E-state index is 13.3. The van der Waals surface area contributed by atoms with Crippen LogP contribution in [0.15, 0.2) is 23.1 Å². The maximum atomic E-state index is 13.3. The van der Waals surface area contributed by atoms with Crippen molar-refractivity contribution in [1.82, 2.24) is 4.72 Å². The third kappa shape index (κ3) is 4.51. The summed E-state index contributed by atoms with van der Waals surface area (Å²) in [5.74, 6) is -1.24. The summed E-state index contributed by atoms with van der Waals surface area (Å²) in [5.41, 5.74) is 0. The van der Waals surface area contributed by atoms with Crippen LogP contribution in [0.5, 0.6) is 0 Å². The van der Waals surface area contributed by atoms with Crippen LogP contribution in [0.4, 0.5) is 8.78 Å². The molecule has 0 spiro atoms. The lowest BCUT2D eigenvalue weighted by molar-refractivity contribution is 0.543. The van der Waals surface area contributed by atoms with Gasteiger partial charge in [-0.25, -0.2) is 21.9 Å². The Kier molecular flexibility index (Phi) is 5.98. The van der Waals surface area contributed by atoms with Gasteiger partial charge in [-0.2, -0.15) is 0 Å². The highest BCUT2D eigenvalue weighted by molar-refractivity contribution is 7.89. The van der Waals surface area contributed by atoms with Crippen molar-refractivity contribution in [2.45, 2.75) is 24.2 Å². The Morgan fingerprint density at radius 2 is 1.89 bits per heavy atom. The average Bonchev–Trinajstić information content (AvgIpc) is 2.32. The standard InChI is InChI=1S/C11H14ClF2NO2S/c12-6-2-1-3-7-15-18(16,17)11-8-9(13)4-5-10(11)14/h4-5,8,15H,1-3,6-7H2. The molecular formula is C11H14ClF2NO2S. The molecule has 102 valence electrons. The van der Waals surface area contributed by atoms with E-state index in [4.69, 9.17) is 11.6 Å². The van der Waals surface area contributed by atoms with Gasteiger partial charge in [0.15, 0.2) is 0 Å². The average molecular weight is 298 g/mol. The van der Waals surface area contributed by atoms with Crippen molar-refractivity contribution >= 4 is 21.6 Å². The molecule has 0 aliphatic rings. The number of hydrogen-bond acceptors (Lipinski definition) is 2. The number of nitrogens with one attached hydrogen (secondary N) is 1. The Bertz CT molecular complexity index is 494. The van der Waals surface area contributed by atoms with Crippen LogP contribution in [-0.4, -0.2) is 20.8 Å². The lowest BCUT2D eigenvalue weighted by Gasteiger charge is -2.07. The molecule has 1 rings (SSSR count). The van der Waals surface area contributed by atoms with Crippen molar-refractivity contribution in [2.24, 2.45) is 0 Å². The first kappa shape index (κ1) is 15.3. The number of hydrogen-bond donors (Lipinski definition) is 1. The highest BCUT2D eigenvalue weighted by Crippen LogP contribution is 2.15. The van der Waals surface area contributed by atoms with E-state index >= 15 is 0 Å². The fourth-order valence-electron chi connectivity index (χ4n) is 1.36. The molecule has 0 aliphatic carbocycles. The third-order valence-electron chi connectivity index (χ3n) is 2.29. The number of alkyl halides is 1. The lowest BCUT2D eigenvalue weighted by atomic mass is 10.2. The molecular weight excluding hydrogens is 284 g/mol. The summed E-state index contributed by atoms with van der Waals surface area (Å²) >= 11 is 5.47. The van der Waals surface area contributed by atoms with E-state index in [0.29, 0.717) is 18.4 Å². The molecule has 0 saturated heterocycles. The fraction of sp³-hybridized carbons (Fsp3) is 0.455. The highest BCUT2D eigenvalue weighted by Gasteiger charge is 2.19. The second kappa shape index (κ2) is 7.01. The molecule has 0 amide bonds. The van der Waals surface area contributed by atoms with Gasteiger partial charge < -0.3 is 0 Å². The van der Waals surface area contributed by atoms with E-state index in [1.807, 2.05) is 0 Å². The zero-order valence-corrected chi connectivity index (χ0v) is 11.2. The van der Waals surface area contributed by atoms with Crippen molar-refractivity contribution in [3.8, 4) is 0 Å². The monoisotopic (exact) mass is 297 g/mol. The van der Waals surface area contributed by atoms with Crippen LogP contribution < -0.4 is 4.72 Å². The molecule has 1 aromatic rings. The summed E-state index contributed by atoms with van der Waals surface area (Å²) < 4.78 is 51.8. The molecule has 0 radical (unpaired) electrons. The summed E-state index contributed by atoms with van der Waals surface area (Å²) in [4.78, 5) is -0.667. The van der Waals surface area contributed by atoms with Crippen LogP contribution in [0.2, 0.25) is 0 Å². The second-order valence-electron chi connectivity index (χ2n) is 3.72. The van der Waals surface area contributed by atoms with E-state index in [0.717, 1.165) is 25.0 Å². The van der Waals surface area contributed by atoms with E-state index in [-0.39, 0.29) is 6.54 Å². The summed E-state index contributed by atoms with van der Waals surface area (Å²) in [6.07, 6.45) is 2.16. The quantitative estimate of drug-likeness (QED) is 0.621. The number of benzene rings is 1. The Labute approximate surface area is 110 Å². The maximum Gasteiger partial charge on any atom is 0.243 e. The number of sulfonamides is 1. The topological polar surface area (TPSA) is 46.2 Å². The Hall–Kier alpha value is -0.720. The molecule has 0 aromatic heterocycles. The summed E-state index contributed by atoms with van der Waals surface area (Å²) in [6.45, 7) is 0.176. The van der Waals surface area contributed by atoms with Gasteiger partial charge in [0.25, 0.3) is 0 Å². The molecule has 3 nitrogen and oxygen atoms in total. The second-order valence-corrected chi connectivity index (χ2v) is 5.84. The van der Waals surface area contributed by atoms with E-state index in [9.17, 15) is 17.2 Å². The van der Waals surface area contributed by atoms with Crippen LogP contribution >= 0.6 is 11.6 Å². The lowest BCUT2D eigenvalue weighted by Crippen LogP contribution is -2.25. The first-order valence-electron chi connectivity index (χ1n) is 5.48. The predicted octanol–water partition coefficient (Wildman–Crippen LogP) is 2.65. The van der Waals surface area contributed by atoms with Crippen molar-refractivity contribution < 1.29 is 17.2 Å². The van der Waals surface area contributed by atoms with Crippen LogP contribution in [0.3, 0.4) is 0 Å². The minimum absolute atomic E-state index is 0.176. The Balaban J connectivity index is 2.66. The fourth-order valence-corrected chi connectivity index (χ4v) is 2.71. The SMILES string of the molecule is O=S(=O)(NCCCCCCl)c1cc(F)ccc1F. The van der Waals surface area contributed by atoms with Gasteiger partial charge in [-0.15, -0.1) is 11.6 Å². The van der Waals surface area contributed by atoms with E-state index in [1.54, 1.807) is 0 Å². The van der Waals surface area contributed by atoms with Gasteiger partial charge in [0.1, 0.15) is 16.5 Å². The Morgan fingerprint density at radius 1 is 1.17 bits per heavy atom. The molecule has 0 unspecified atom stereocenters. The summed E-state index contributed by atoms with van der Waals surface area (Å²) in [6, 6.07) is 2.32. The smallest absolute Gasteiger partial charge is 0.211 e. The van der Waals surface area contributed by atoms with Crippen molar-refractivity contribution in [3.05, 3.63) is 29.8 Å². The van der Waals surface area contributed by atoms with Gasteiger partial charge in [0, 0.05) is 12.4 Å². The normalized spacial score (nSPS) is 11.7. The van der Waals surface area contributed by atoms with Crippen LogP contribution in [-0.2, 0) is 10.0 Å². The largest absolute Gasteiger partial charge is 0.243 e. The molecule has 0 saturated carbocycles. The molecule has 0 aliphatic heterocycles. The molecule has 18 heavy (non-hydrogen) atoms. The highest BCUT2D eigenvalue weighted by atomic mass is 35.5. The first-order valence-corrected chi connectivity index (χ1v) is 7.50. The zero-order chi connectivity index (χ0) is 13.6. The zero-order valence-electron chi connectivity index (χ0n) is 9.63. The van der Waals surface area contributed by atoms with Crippen molar-refractivity contribution in [1.29, 1.82) is 0 Å². The molecule has 0 atom stereocenters. The molecule has 0 fully saturated rings. The van der Waals surface area contributed by atoms with Gasteiger partial charge in [0.05, 0.1) is 0 Å². The minimum atomic E-state index is -4.00. The van der Waals surface area contributed by atoms with Crippen LogP contribution in [0, 0.1) is 11.6 Å². The van der Waals surface area contributed by atoms with E-state index in [2.05, 4.69) is 4.72 Å². The summed E-state index contributed by atoms with van der Waals surface area (Å²) in [7, 11) is -4.00. The van der Waals surface area contributed by atoms with Gasteiger partial charge >= 0.3 is 0 Å². The van der Waals surface area contributed by atoms with Crippen molar-refractivity contribution in [3.63, 3.8) is 0 Å². The third-order valence-corrected chi connectivity index (χ3v) is 4.03. The first-order chi connectivity index (χ1) is 8.47. The molecule has 0 heterocycles. The molecule has 1 aromatic carbocycles. The molecule has 1 N–H and O–H groups in total. The predicted molar refractivity (Wildman–Crippen MR) is 66.1 cm³/mol. The van der Waals surface area contributed by atoms with Gasteiger partial charge in [0.2, 0.25) is 10.0 Å². The molecule has 0 bridgehead atoms. The van der Waals surface area contributed by atoms with Crippen LogP contribution in [0.25, 0.3) is 0 Å². The van der Waals surface area contributed by atoms with E-state index < -0.39 is 26.6 Å². The van der Waals surface area contributed by atoms with Gasteiger partial charge in [-0.1, -0.05) is 6.42 Å².